The molecule has 1 unspecified atom stereocenters. The van der Waals surface area contributed by atoms with E-state index in [2.05, 4.69) is 10.2 Å². The van der Waals surface area contributed by atoms with Crippen molar-refractivity contribution in [2.45, 2.75) is 18.3 Å². The van der Waals surface area contributed by atoms with Crippen molar-refractivity contribution in [3.8, 4) is 5.69 Å². The summed E-state index contributed by atoms with van der Waals surface area (Å²) in [7, 11) is -4.40. The molecule has 126 valence electrons. The van der Waals surface area contributed by atoms with E-state index in [1.54, 1.807) is 0 Å². The van der Waals surface area contributed by atoms with Gasteiger partial charge < -0.3 is 0 Å². The van der Waals surface area contributed by atoms with Gasteiger partial charge in [0.1, 0.15) is 16.6 Å². The second-order valence-electron chi connectivity index (χ2n) is 4.50. The molecule has 0 saturated heterocycles. The van der Waals surface area contributed by atoms with E-state index in [-0.39, 0.29) is 21.4 Å². The molecule has 2 rings (SSSR count). The topological polar surface area (TPSA) is 85.1 Å². The normalized spacial score (nSPS) is 14.0. The first-order valence-corrected chi connectivity index (χ1v) is 8.12. The maximum absolute atomic E-state index is 12.7. The Balaban J connectivity index is 2.50. The fourth-order valence-electron chi connectivity index (χ4n) is 1.64. The number of nitrogens with zero attached hydrogens (tertiary/aromatic N) is 3. The van der Waals surface area contributed by atoms with Gasteiger partial charge >= 0.3 is 6.18 Å². The van der Waals surface area contributed by atoms with Gasteiger partial charge in [-0.3, -0.25) is 4.55 Å². The van der Waals surface area contributed by atoms with Crippen LogP contribution in [0.5, 0.6) is 0 Å². The minimum absolute atomic E-state index is 0.125. The van der Waals surface area contributed by atoms with E-state index >= 15 is 0 Å². The van der Waals surface area contributed by atoms with Gasteiger partial charge in [-0.1, -0.05) is 23.2 Å². The van der Waals surface area contributed by atoms with Crippen molar-refractivity contribution in [1.82, 2.24) is 15.0 Å². The lowest BCUT2D eigenvalue weighted by Gasteiger charge is -2.11. The molecule has 0 aliphatic carbocycles. The molecule has 0 aliphatic rings. The molecule has 2 aromatic rings. The fourth-order valence-corrected chi connectivity index (χ4v) is 2.69. The summed E-state index contributed by atoms with van der Waals surface area (Å²) in [6.45, 7) is 1.17. The summed E-state index contributed by atoms with van der Waals surface area (Å²) >= 11 is 11.6. The van der Waals surface area contributed by atoms with Crippen LogP contribution in [0.25, 0.3) is 5.69 Å². The average molecular weight is 390 g/mol. The van der Waals surface area contributed by atoms with Crippen molar-refractivity contribution in [1.29, 1.82) is 0 Å². The minimum atomic E-state index is -4.63. The van der Waals surface area contributed by atoms with Gasteiger partial charge in [-0.15, -0.1) is 4.80 Å². The Morgan fingerprint density at radius 2 is 1.78 bits per heavy atom. The number of benzene rings is 1. The molecule has 6 nitrogen and oxygen atoms in total. The van der Waals surface area contributed by atoms with E-state index in [4.69, 9.17) is 27.8 Å². The van der Waals surface area contributed by atoms with Crippen molar-refractivity contribution in [3.63, 3.8) is 0 Å². The Morgan fingerprint density at radius 3 is 2.22 bits per heavy atom. The molecule has 1 aromatic carbocycles. The fraction of sp³-hybridized carbons (Fsp3) is 0.273. The van der Waals surface area contributed by atoms with Gasteiger partial charge in [0.15, 0.2) is 0 Å². The summed E-state index contributed by atoms with van der Waals surface area (Å²) in [5, 5.41) is 5.38. The molecule has 1 atom stereocenters. The Morgan fingerprint density at radius 1 is 1.26 bits per heavy atom. The zero-order valence-corrected chi connectivity index (χ0v) is 13.5. The van der Waals surface area contributed by atoms with Crippen LogP contribution in [0.15, 0.2) is 18.3 Å². The molecule has 0 fully saturated rings. The van der Waals surface area contributed by atoms with Crippen LogP contribution in [0, 0.1) is 0 Å². The number of rotatable bonds is 3. The number of aromatic nitrogens is 3. The lowest BCUT2D eigenvalue weighted by Crippen LogP contribution is -2.10. The van der Waals surface area contributed by atoms with E-state index in [0.717, 1.165) is 11.0 Å². The van der Waals surface area contributed by atoms with Gasteiger partial charge in [-0.05, 0) is 19.1 Å². The van der Waals surface area contributed by atoms with Crippen LogP contribution in [0.1, 0.15) is 23.4 Å². The van der Waals surface area contributed by atoms with Crippen molar-refractivity contribution in [2.75, 3.05) is 0 Å². The predicted octanol–water partition coefficient (Wildman–Crippen LogP) is 3.54. The van der Waals surface area contributed by atoms with E-state index < -0.39 is 27.1 Å². The summed E-state index contributed by atoms with van der Waals surface area (Å²) in [6, 6.07) is 1.30. The third kappa shape index (κ3) is 3.77. The highest BCUT2D eigenvalue weighted by atomic mass is 35.5. The molecule has 0 radical (unpaired) electrons. The van der Waals surface area contributed by atoms with Crippen molar-refractivity contribution < 1.29 is 26.1 Å². The molecule has 1 aromatic heterocycles. The van der Waals surface area contributed by atoms with Gasteiger partial charge in [-0.2, -0.15) is 31.8 Å². The molecular formula is C11H8Cl2F3N3O3S. The molecule has 23 heavy (non-hydrogen) atoms. The maximum atomic E-state index is 12.7. The summed E-state index contributed by atoms with van der Waals surface area (Å²) in [5.74, 6) is 0. The third-order valence-electron chi connectivity index (χ3n) is 2.92. The number of hydrogen-bond donors (Lipinski definition) is 1. The Hall–Kier alpha value is -1.36. The lowest BCUT2D eigenvalue weighted by molar-refractivity contribution is -0.137. The monoisotopic (exact) mass is 389 g/mol. The molecule has 1 N–H and O–H groups in total. The zero-order chi connectivity index (χ0) is 17.6. The molecule has 0 spiro atoms. The highest BCUT2D eigenvalue weighted by molar-refractivity contribution is 7.86. The third-order valence-corrected chi connectivity index (χ3v) is 4.63. The van der Waals surface area contributed by atoms with Crippen molar-refractivity contribution >= 4 is 33.3 Å². The number of alkyl halides is 3. The first-order chi connectivity index (χ1) is 10.4. The number of halogens is 5. The minimum Gasteiger partial charge on any atom is -0.285 e. The smallest absolute Gasteiger partial charge is 0.285 e. The van der Waals surface area contributed by atoms with E-state index in [0.29, 0.717) is 12.1 Å². The second kappa shape index (κ2) is 5.93. The Bertz CT molecular complexity index is 829. The predicted molar refractivity (Wildman–Crippen MR) is 76.3 cm³/mol. The molecule has 1 heterocycles. The van der Waals surface area contributed by atoms with Crippen LogP contribution in [0.2, 0.25) is 10.0 Å². The van der Waals surface area contributed by atoms with Gasteiger partial charge in [0, 0.05) is 0 Å². The summed E-state index contributed by atoms with van der Waals surface area (Å²) in [5.41, 5.74) is -1.32. The highest BCUT2D eigenvalue weighted by Gasteiger charge is 2.32. The van der Waals surface area contributed by atoms with Gasteiger partial charge in [-0.25, -0.2) is 0 Å². The largest absolute Gasteiger partial charge is 0.416 e. The zero-order valence-electron chi connectivity index (χ0n) is 11.2. The quantitative estimate of drug-likeness (QED) is 0.811. The van der Waals surface area contributed by atoms with Gasteiger partial charge in [0.2, 0.25) is 0 Å². The van der Waals surface area contributed by atoms with Crippen molar-refractivity contribution in [2.24, 2.45) is 0 Å². The molecule has 0 bridgehead atoms. The Labute approximate surface area is 138 Å². The van der Waals surface area contributed by atoms with E-state index in [1.165, 1.54) is 6.92 Å². The number of hydrogen-bond acceptors (Lipinski definition) is 4. The van der Waals surface area contributed by atoms with Crippen LogP contribution >= 0.6 is 23.2 Å². The standard InChI is InChI=1S/C11H8Cl2F3N3O3S/c1-5(23(20,21)22)9-4-17-19(18-9)10-7(12)2-6(3-8(10)13)11(14,15)16/h2-5H,1H3,(H,20,21,22). The summed E-state index contributed by atoms with van der Waals surface area (Å²) in [6.07, 6.45) is -3.60. The average Bonchev–Trinajstić information content (AvgIpc) is 2.84. The second-order valence-corrected chi connectivity index (χ2v) is 7.05. The summed E-state index contributed by atoms with van der Waals surface area (Å²) in [4.78, 5) is 0.793. The van der Waals surface area contributed by atoms with E-state index in [9.17, 15) is 21.6 Å². The first-order valence-electron chi connectivity index (χ1n) is 5.86. The van der Waals surface area contributed by atoms with Gasteiger partial charge in [0.25, 0.3) is 10.1 Å². The van der Waals surface area contributed by atoms with Crippen LogP contribution in [-0.4, -0.2) is 28.0 Å². The summed E-state index contributed by atoms with van der Waals surface area (Å²) < 4.78 is 69.1. The molecule has 0 saturated carbocycles. The van der Waals surface area contributed by atoms with Crippen LogP contribution in [0.3, 0.4) is 0 Å². The highest BCUT2D eigenvalue weighted by Crippen LogP contribution is 2.37. The lowest BCUT2D eigenvalue weighted by atomic mass is 10.2. The maximum Gasteiger partial charge on any atom is 0.416 e. The van der Waals surface area contributed by atoms with Crippen LogP contribution < -0.4 is 0 Å². The molecular weight excluding hydrogens is 382 g/mol. The van der Waals surface area contributed by atoms with Crippen molar-refractivity contribution in [3.05, 3.63) is 39.6 Å². The molecule has 12 heteroatoms. The first kappa shape index (κ1) is 18.0. The molecule has 0 aliphatic heterocycles. The van der Waals surface area contributed by atoms with Gasteiger partial charge in [0.05, 0.1) is 21.8 Å². The molecule has 0 amide bonds. The van der Waals surface area contributed by atoms with Crippen LogP contribution in [-0.2, 0) is 16.3 Å². The Kier molecular flexibility index (Phi) is 4.64. The van der Waals surface area contributed by atoms with Crippen LogP contribution in [0.4, 0.5) is 13.2 Å². The van der Waals surface area contributed by atoms with E-state index in [1.807, 2.05) is 0 Å². The SMILES string of the molecule is CC(c1cnn(-c2c(Cl)cc(C(F)(F)F)cc2Cl)n1)S(=O)(=O)O.